The molecule has 7 aromatic rings. The third-order valence-corrected chi connectivity index (χ3v) is 10.4. The second kappa shape index (κ2) is 16.1. The molecule has 6 aromatic carbocycles. The smallest absolute Gasteiger partial charge is 0.219 e. The first-order valence-corrected chi connectivity index (χ1v) is 19.7. The summed E-state index contributed by atoms with van der Waals surface area (Å²) in [6.45, 7) is 6.62. The third-order valence-electron chi connectivity index (χ3n) is 10.4. The van der Waals surface area contributed by atoms with Gasteiger partial charge in [-0.2, -0.15) is 9.14 Å². The topological polar surface area (TPSA) is 122 Å². The Morgan fingerprint density at radius 3 is 1.56 bits per heavy atom. The summed E-state index contributed by atoms with van der Waals surface area (Å²) in [4.78, 5) is 0. The van der Waals surface area contributed by atoms with E-state index in [9.17, 15) is 5.11 Å². The molecule has 7 nitrogen and oxygen atoms in total. The normalized spacial score (nSPS) is 13.3. The van der Waals surface area contributed by atoms with E-state index >= 15 is 0 Å². The molecule has 0 amide bonds. The molecule has 1 aromatic heterocycles. The van der Waals surface area contributed by atoms with Gasteiger partial charge in [-0.25, -0.2) is 18.6 Å². The molecule has 1 aliphatic heterocycles. The zero-order chi connectivity index (χ0) is 40.3. The van der Waals surface area contributed by atoms with Crippen molar-refractivity contribution in [2.24, 2.45) is 0 Å². The van der Waals surface area contributed by atoms with E-state index in [0.717, 1.165) is 50.6 Å². The summed E-state index contributed by atoms with van der Waals surface area (Å²) in [7, 11) is -2.83. The van der Waals surface area contributed by atoms with Crippen LogP contribution in [0.2, 0.25) is 0 Å². The Morgan fingerprint density at radius 1 is 0.544 bits per heavy atom. The van der Waals surface area contributed by atoms with Crippen molar-refractivity contribution in [3.8, 4) is 56.2 Å². The highest BCUT2D eigenvalue weighted by atomic mass is 35.7. The molecule has 0 aliphatic carbocycles. The van der Waals surface area contributed by atoms with Crippen LogP contribution in [0, 0.1) is 17.2 Å². The van der Waals surface area contributed by atoms with Crippen molar-refractivity contribution in [3.63, 3.8) is 0 Å². The van der Waals surface area contributed by atoms with Crippen LogP contribution in [0.4, 0.5) is 5.69 Å². The van der Waals surface area contributed by atoms with Gasteiger partial charge in [-0.15, -0.1) is 10.2 Å². The van der Waals surface area contributed by atoms with Gasteiger partial charge in [0.2, 0.25) is 22.8 Å². The summed E-state index contributed by atoms with van der Waals surface area (Å²) < 4.78 is 38.5. The van der Waals surface area contributed by atoms with Crippen LogP contribution in [0.15, 0.2) is 170 Å². The minimum Gasteiger partial charge on any atom is -0.872 e. The molecule has 0 spiro atoms. The number of nitrogens with zero attached hydrogens (tertiary/aromatic N) is 2. The van der Waals surface area contributed by atoms with Crippen molar-refractivity contribution in [2.75, 3.05) is 7.05 Å². The summed E-state index contributed by atoms with van der Waals surface area (Å²) in [6.07, 6.45) is 4.15. The third kappa shape index (κ3) is 8.49. The maximum Gasteiger partial charge on any atom is 0.219 e. The molecule has 0 saturated heterocycles. The first kappa shape index (κ1) is 39.1. The van der Waals surface area contributed by atoms with Gasteiger partial charge in [0.05, 0.1) is 5.41 Å². The monoisotopic (exact) mass is 772 g/mol. The number of halogens is 1. The zero-order valence-corrected chi connectivity index (χ0v) is 32.8. The Kier molecular flexibility index (Phi) is 11.0. The van der Waals surface area contributed by atoms with Crippen LogP contribution in [0.5, 0.6) is 5.75 Å². The highest BCUT2D eigenvalue weighted by molar-refractivity contribution is 6.05. The van der Waals surface area contributed by atoms with E-state index in [1.807, 2.05) is 36.4 Å². The Labute approximate surface area is 335 Å². The molecule has 0 N–H and O–H groups in total. The van der Waals surface area contributed by atoms with Crippen LogP contribution in [-0.4, -0.2) is 17.3 Å². The predicted molar refractivity (Wildman–Crippen MR) is 213 cm³/mol. The number of hydrogen-bond acceptors (Lipinski definition) is 5. The van der Waals surface area contributed by atoms with Crippen molar-refractivity contribution in [1.82, 2.24) is 0 Å². The van der Waals surface area contributed by atoms with E-state index in [4.69, 9.17) is 18.6 Å². The second-order valence-corrected chi connectivity index (χ2v) is 15.3. The fraction of sp³-hybridized carbons (Fsp3) is 0.102. The van der Waals surface area contributed by atoms with Gasteiger partial charge in [0.15, 0.2) is 5.71 Å². The molecule has 0 saturated carbocycles. The summed E-state index contributed by atoms with van der Waals surface area (Å²) >= 11 is 0. The fourth-order valence-corrected chi connectivity index (χ4v) is 7.62. The average molecular weight is 773 g/mol. The molecule has 284 valence electrons. The van der Waals surface area contributed by atoms with Crippen LogP contribution in [0.25, 0.3) is 56.5 Å². The highest BCUT2D eigenvalue weighted by Gasteiger charge is 2.42. The number of pyridine rings is 1. The molecule has 1 aliphatic rings. The predicted octanol–water partition coefficient (Wildman–Crippen LogP) is 5.98. The molecular weight excluding hydrogens is 732 g/mol. The van der Waals surface area contributed by atoms with Gasteiger partial charge in [-0.05, 0) is 78.9 Å². The van der Waals surface area contributed by atoms with Crippen LogP contribution >= 0.6 is 0 Å². The average Bonchev–Trinajstić information content (AvgIpc) is 3.41. The lowest BCUT2D eigenvalue weighted by atomic mass is 9.81. The molecule has 0 bridgehead atoms. The fourth-order valence-electron chi connectivity index (χ4n) is 7.62. The number of aryl methyl sites for hydroxylation is 1. The van der Waals surface area contributed by atoms with E-state index in [2.05, 4.69) is 176 Å². The minimum absolute atomic E-state index is 0.00201. The summed E-state index contributed by atoms with van der Waals surface area (Å²) in [5.41, 5.74) is 14.2. The van der Waals surface area contributed by atoms with Gasteiger partial charge >= 0.3 is 0 Å². The first-order valence-electron chi connectivity index (χ1n) is 18.5. The maximum atomic E-state index is 14.5. The summed E-state index contributed by atoms with van der Waals surface area (Å²) in [6, 6.07) is 57.0. The summed E-state index contributed by atoms with van der Waals surface area (Å²) in [5.74, 6) is 0.00201. The van der Waals surface area contributed by atoms with E-state index in [1.165, 1.54) is 16.8 Å². The first-order chi connectivity index (χ1) is 27.3. The molecular formula is C49H41ClN2O5. The van der Waals surface area contributed by atoms with E-state index < -0.39 is 10.2 Å². The number of fused-ring (bicyclic) bond motifs is 1. The Hall–Kier alpha value is -6.19. The molecule has 8 heteroatoms. The zero-order valence-electron chi connectivity index (χ0n) is 32.1. The van der Waals surface area contributed by atoms with Crippen molar-refractivity contribution in [3.05, 3.63) is 187 Å². The van der Waals surface area contributed by atoms with Crippen molar-refractivity contribution in [2.45, 2.75) is 26.2 Å². The van der Waals surface area contributed by atoms with E-state index in [-0.39, 0.29) is 11.2 Å². The van der Waals surface area contributed by atoms with Crippen molar-refractivity contribution < 1.29 is 43.1 Å². The van der Waals surface area contributed by atoms with Gasteiger partial charge < -0.3 is 5.11 Å². The Balaban J connectivity index is 0.000000935. The quantitative estimate of drug-likeness (QED) is 0.185. The largest absolute Gasteiger partial charge is 0.872 e. The number of aromatic nitrogens is 1. The van der Waals surface area contributed by atoms with Crippen molar-refractivity contribution >= 4 is 17.5 Å². The lowest BCUT2D eigenvalue weighted by Gasteiger charge is -2.20. The maximum absolute atomic E-state index is 14.5. The molecule has 2 heterocycles. The number of allylic oxidation sites excluding steroid dienone is 1. The highest BCUT2D eigenvalue weighted by Crippen LogP contribution is 2.40. The number of hydrogen-bond donors (Lipinski definition) is 0. The van der Waals surface area contributed by atoms with Gasteiger partial charge in [-0.3, -0.25) is 0 Å². The molecule has 8 rings (SSSR count). The van der Waals surface area contributed by atoms with Gasteiger partial charge in [0.1, 0.15) is 7.05 Å². The van der Waals surface area contributed by atoms with Gasteiger partial charge in [0, 0.05) is 53.1 Å². The van der Waals surface area contributed by atoms with Gasteiger partial charge in [-0.1, -0.05) is 121 Å². The Bertz CT molecular complexity index is 2530. The Morgan fingerprint density at radius 2 is 1.04 bits per heavy atom. The standard InChI is InChI=1S/C49H41N2O.ClHO4/c1-34-24-26-35(27-25-34)40-31-45(37-18-10-6-11-19-37)51(46(32-40)38-20-12-7-13-21-38)41-30-39(48(52)42(33-41)36-16-8-5-9-17-36)28-29-47-49(2,3)43-22-14-15-23-44(43)50(47)4;2-1(3,4)5/h5-33H,1-4H3;(H,2,3,4,5)/q+1;/p-1. The van der Waals surface area contributed by atoms with Crippen LogP contribution in [-0.2, 0) is 5.41 Å². The number of rotatable bonds is 7. The number of benzene rings is 6. The van der Waals surface area contributed by atoms with Crippen LogP contribution in [0.1, 0.15) is 30.5 Å². The molecule has 0 unspecified atom stereocenters. The van der Waals surface area contributed by atoms with E-state index in [1.54, 1.807) is 0 Å². The van der Waals surface area contributed by atoms with Crippen LogP contribution < -0.4 is 28.3 Å². The van der Waals surface area contributed by atoms with Crippen molar-refractivity contribution in [1.29, 1.82) is 0 Å². The van der Waals surface area contributed by atoms with Gasteiger partial charge in [0.25, 0.3) is 0 Å². The molecule has 0 radical (unpaired) electrons. The van der Waals surface area contributed by atoms with Crippen LogP contribution in [0.3, 0.4) is 0 Å². The van der Waals surface area contributed by atoms with E-state index in [0.29, 0.717) is 11.1 Å². The number of para-hydroxylation sites is 1. The lowest BCUT2D eigenvalue weighted by molar-refractivity contribution is -2.00. The summed E-state index contributed by atoms with van der Waals surface area (Å²) in [5, 5.41) is 14.5. The molecule has 0 atom stereocenters. The molecule has 0 fully saturated rings. The molecule has 57 heavy (non-hydrogen) atoms. The lowest BCUT2D eigenvalue weighted by Crippen LogP contribution is -2.68. The minimum atomic E-state index is -4.94. The second-order valence-electron chi connectivity index (χ2n) is 14.5. The SMILES string of the molecule is Cc1ccc(-c2cc(-c3ccccc3)[n+](-c3cc(/C=C\C4=[N+](C)c5ccccc5C4(C)C)c([O-])c(-c4ccccc4)c3)c(-c3ccccc3)c2)cc1.[O-][Cl+3]([O-])([O-])[O-].